The van der Waals surface area contributed by atoms with Gasteiger partial charge in [0.2, 0.25) is 11.8 Å². The topological polar surface area (TPSA) is 49.4 Å². The Labute approximate surface area is 128 Å². The largest absolute Gasteiger partial charge is 0.339 e. The number of carbonyl (C=O) groups excluding carboxylic acids is 2. The third kappa shape index (κ3) is 4.02. The van der Waals surface area contributed by atoms with Crippen LogP contribution in [0.1, 0.15) is 39.0 Å². The average Bonchev–Trinajstić information content (AvgIpc) is 2.50. The summed E-state index contributed by atoms with van der Waals surface area (Å²) in [6, 6.07) is 3.06. The molecule has 4 nitrogen and oxygen atoms in total. The molecule has 1 saturated heterocycles. The molecule has 0 saturated carbocycles. The van der Waals surface area contributed by atoms with E-state index in [4.69, 9.17) is 0 Å². The molecule has 2 amide bonds. The van der Waals surface area contributed by atoms with Crippen LogP contribution in [0.3, 0.4) is 0 Å². The number of nitrogens with zero attached hydrogens (tertiary/aromatic N) is 1. The molecular weight excluding hydrogens is 290 g/mol. The summed E-state index contributed by atoms with van der Waals surface area (Å²) in [6.45, 7) is 2.68. The lowest BCUT2D eigenvalue weighted by molar-refractivity contribution is -0.137. The zero-order chi connectivity index (χ0) is 16.1. The van der Waals surface area contributed by atoms with Crippen molar-refractivity contribution < 1.29 is 18.4 Å². The molecule has 0 radical (unpaired) electrons. The van der Waals surface area contributed by atoms with Gasteiger partial charge in [-0.3, -0.25) is 9.59 Å². The first kappa shape index (κ1) is 16.4. The van der Waals surface area contributed by atoms with Gasteiger partial charge >= 0.3 is 0 Å². The Morgan fingerprint density at radius 1 is 1.32 bits per heavy atom. The van der Waals surface area contributed by atoms with Crippen LogP contribution >= 0.6 is 0 Å². The number of benzene rings is 1. The summed E-state index contributed by atoms with van der Waals surface area (Å²) in [5.41, 5.74) is -0.120. The molecule has 1 N–H and O–H groups in total. The van der Waals surface area contributed by atoms with Crippen LogP contribution in [-0.2, 0) is 9.59 Å². The van der Waals surface area contributed by atoms with Crippen LogP contribution in [0, 0.1) is 11.6 Å². The highest BCUT2D eigenvalue weighted by atomic mass is 19.1. The van der Waals surface area contributed by atoms with Crippen LogP contribution in [-0.4, -0.2) is 29.3 Å². The van der Waals surface area contributed by atoms with Gasteiger partial charge in [0.1, 0.15) is 18.1 Å². The summed E-state index contributed by atoms with van der Waals surface area (Å²) < 4.78 is 26.3. The van der Waals surface area contributed by atoms with Gasteiger partial charge in [-0.25, -0.2) is 8.78 Å². The molecule has 6 heteroatoms. The smallest absolute Gasteiger partial charge is 0.233 e. The molecule has 1 aromatic rings. The number of likely N-dealkylation sites (tertiary alicyclic amines) is 1. The van der Waals surface area contributed by atoms with Gasteiger partial charge in [0.05, 0.1) is 5.69 Å². The van der Waals surface area contributed by atoms with Crippen molar-refractivity contribution in [1.82, 2.24) is 4.90 Å². The number of nitrogens with one attached hydrogen (secondary N) is 1. The van der Waals surface area contributed by atoms with E-state index in [1.807, 2.05) is 6.92 Å². The molecule has 0 aliphatic carbocycles. The molecule has 120 valence electrons. The summed E-state index contributed by atoms with van der Waals surface area (Å²) in [6.07, 6.45) is 3.52. The maximum Gasteiger partial charge on any atom is 0.233 e. The molecule has 1 aliphatic heterocycles. The summed E-state index contributed by atoms with van der Waals surface area (Å²) in [5.74, 6) is -2.40. The number of amides is 2. The molecular formula is C16H20F2N2O2. The SMILES string of the molecule is CCC1CCCCN1C(=O)CC(=O)Nc1ccc(F)cc1F. The van der Waals surface area contributed by atoms with E-state index >= 15 is 0 Å². The van der Waals surface area contributed by atoms with Crippen molar-refractivity contribution in [3.63, 3.8) is 0 Å². The van der Waals surface area contributed by atoms with E-state index in [2.05, 4.69) is 5.32 Å². The predicted octanol–water partition coefficient (Wildman–Crippen LogP) is 3.08. The van der Waals surface area contributed by atoms with Gasteiger partial charge in [0, 0.05) is 18.7 Å². The van der Waals surface area contributed by atoms with Gasteiger partial charge in [-0.2, -0.15) is 0 Å². The second-order valence-corrected chi connectivity index (χ2v) is 5.49. The van der Waals surface area contributed by atoms with Crippen molar-refractivity contribution in [1.29, 1.82) is 0 Å². The van der Waals surface area contributed by atoms with Crippen LogP contribution in [0.4, 0.5) is 14.5 Å². The van der Waals surface area contributed by atoms with Crippen LogP contribution in [0.5, 0.6) is 0 Å². The number of hydrogen-bond acceptors (Lipinski definition) is 2. The maximum atomic E-state index is 13.5. The molecule has 22 heavy (non-hydrogen) atoms. The number of piperidine rings is 1. The van der Waals surface area contributed by atoms with Gasteiger partial charge < -0.3 is 10.2 Å². The van der Waals surface area contributed by atoms with E-state index in [1.165, 1.54) is 0 Å². The third-order valence-corrected chi connectivity index (χ3v) is 3.94. The van der Waals surface area contributed by atoms with Crippen molar-refractivity contribution in [2.24, 2.45) is 0 Å². The van der Waals surface area contributed by atoms with E-state index in [9.17, 15) is 18.4 Å². The van der Waals surface area contributed by atoms with Crippen LogP contribution in [0.2, 0.25) is 0 Å². The maximum absolute atomic E-state index is 13.5. The fourth-order valence-electron chi connectivity index (χ4n) is 2.78. The molecule has 1 heterocycles. The highest BCUT2D eigenvalue weighted by Crippen LogP contribution is 2.21. The Morgan fingerprint density at radius 2 is 2.09 bits per heavy atom. The van der Waals surface area contributed by atoms with Gasteiger partial charge in [-0.15, -0.1) is 0 Å². The van der Waals surface area contributed by atoms with Gasteiger partial charge in [0.15, 0.2) is 0 Å². The lowest BCUT2D eigenvalue weighted by Gasteiger charge is -2.35. The van der Waals surface area contributed by atoms with Crippen LogP contribution in [0.25, 0.3) is 0 Å². The summed E-state index contributed by atoms with van der Waals surface area (Å²) in [4.78, 5) is 25.8. The number of rotatable bonds is 4. The molecule has 1 aliphatic rings. The summed E-state index contributed by atoms with van der Waals surface area (Å²) in [7, 11) is 0. The number of carbonyl (C=O) groups is 2. The van der Waals surface area contributed by atoms with Crippen LogP contribution in [0.15, 0.2) is 18.2 Å². The Morgan fingerprint density at radius 3 is 2.77 bits per heavy atom. The minimum Gasteiger partial charge on any atom is -0.339 e. The standard InChI is InChI=1S/C16H20F2N2O2/c1-2-12-5-3-4-8-20(12)16(22)10-15(21)19-14-7-6-11(17)9-13(14)18/h6-7,9,12H,2-5,8,10H2,1H3,(H,19,21). The Kier molecular flexibility index (Phi) is 5.46. The summed E-state index contributed by atoms with van der Waals surface area (Å²) >= 11 is 0. The van der Waals surface area contributed by atoms with Crippen molar-refractivity contribution in [3.8, 4) is 0 Å². The lowest BCUT2D eigenvalue weighted by atomic mass is 9.99. The zero-order valence-electron chi connectivity index (χ0n) is 12.6. The second-order valence-electron chi connectivity index (χ2n) is 5.49. The fourth-order valence-corrected chi connectivity index (χ4v) is 2.78. The van der Waals surface area contributed by atoms with E-state index in [0.29, 0.717) is 12.6 Å². The average molecular weight is 310 g/mol. The number of halogens is 2. The van der Waals surface area contributed by atoms with E-state index in [0.717, 1.165) is 37.8 Å². The minimum absolute atomic E-state index is 0.120. The molecule has 2 rings (SSSR count). The highest BCUT2D eigenvalue weighted by molar-refractivity contribution is 6.03. The third-order valence-electron chi connectivity index (χ3n) is 3.94. The molecule has 0 aromatic heterocycles. The highest BCUT2D eigenvalue weighted by Gasteiger charge is 2.26. The fraction of sp³-hybridized carbons (Fsp3) is 0.500. The predicted molar refractivity (Wildman–Crippen MR) is 79.2 cm³/mol. The molecule has 1 aromatic carbocycles. The Balaban J connectivity index is 1.94. The molecule has 1 unspecified atom stereocenters. The van der Waals surface area contributed by atoms with Gasteiger partial charge in [-0.1, -0.05) is 6.92 Å². The summed E-state index contributed by atoms with van der Waals surface area (Å²) in [5, 5.41) is 2.31. The quantitative estimate of drug-likeness (QED) is 0.869. The van der Waals surface area contributed by atoms with Gasteiger partial charge in [0.25, 0.3) is 0 Å². The monoisotopic (exact) mass is 310 g/mol. The first-order valence-electron chi connectivity index (χ1n) is 7.55. The molecule has 1 fully saturated rings. The Bertz CT molecular complexity index is 563. The molecule has 0 bridgehead atoms. The van der Waals surface area contributed by atoms with E-state index in [-0.39, 0.29) is 24.1 Å². The first-order chi connectivity index (χ1) is 10.5. The minimum atomic E-state index is -0.856. The number of hydrogen-bond donors (Lipinski definition) is 1. The molecule has 1 atom stereocenters. The number of anilines is 1. The van der Waals surface area contributed by atoms with E-state index in [1.54, 1.807) is 4.90 Å². The van der Waals surface area contributed by atoms with Crippen molar-refractivity contribution in [3.05, 3.63) is 29.8 Å². The van der Waals surface area contributed by atoms with E-state index < -0.39 is 17.5 Å². The normalized spacial score (nSPS) is 18.1. The van der Waals surface area contributed by atoms with Crippen LogP contribution < -0.4 is 5.32 Å². The molecule has 0 spiro atoms. The second kappa shape index (κ2) is 7.33. The van der Waals surface area contributed by atoms with Crippen molar-refractivity contribution in [2.75, 3.05) is 11.9 Å². The lowest BCUT2D eigenvalue weighted by Crippen LogP contribution is -2.44. The van der Waals surface area contributed by atoms with Crippen molar-refractivity contribution in [2.45, 2.75) is 45.1 Å². The first-order valence-corrected chi connectivity index (χ1v) is 7.55. The van der Waals surface area contributed by atoms with Crippen molar-refractivity contribution >= 4 is 17.5 Å². The van der Waals surface area contributed by atoms with Gasteiger partial charge in [-0.05, 0) is 37.8 Å². The Hall–Kier alpha value is -1.98. The zero-order valence-corrected chi connectivity index (χ0v) is 12.6.